The van der Waals surface area contributed by atoms with Crippen molar-refractivity contribution in [3.05, 3.63) is 42.1 Å². The zero-order valence-electron chi connectivity index (χ0n) is 16.6. The van der Waals surface area contributed by atoms with Gasteiger partial charge in [-0.3, -0.25) is 4.79 Å². The van der Waals surface area contributed by atoms with Gasteiger partial charge >= 0.3 is 0 Å². The first-order valence-corrected chi connectivity index (χ1v) is 9.96. The molecule has 2 aromatic rings. The van der Waals surface area contributed by atoms with E-state index in [2.05, 4.69) is 25.5 Å². The maximum Gasteiger partial charge on any atom is 0.260 e. The summed E-state index contributed by atoms with van der Waals surface area (Å²) < 4.78 is 5.63. The molecular weight excluding hydrogens is 354 g/mol. The molecule has 0 bridgehead atoms. The highest BCUT2D eigenvalue weighted by molar-refractivity contribution is 5.80. The van der Waals surface area contributed by atoms with Gasteiger partial charge in [0.15, 0.2) is 6.10 Å². The van der Waals surface area contributed by atoms with Crippen LogP contribution in [0.5, 0.6) is 5.75 Å². The minimum Gasteiger partial charge on any atom is -0.481 e. The third-order valence-corrected chi connectivity index (χ3v) is 4.65. The standard InChI is InChI=1S/C21H29N5O2/c1-16-15-19(26-13-7-4-8-14-26)25-21(24-16)23-12-11-22-20(27)17(2)28-18-9-5-3-6-10-18/h3,5-6,9-10,15,17H,4,7-8,11-14H2,1-2H3,(H,22,27)(H,23,24,25). The first-order valence-electron chi connectivity index (χ1n) is 9.96. The van der Waals surface area contributed by atoms with Crippen molar-refractivity contribution >= 4 is 17.7 Å². The third-order valence-electron chi connectivity index (χ3n) is 4.65. The number of ether oxygens (including phenoxy) is 1. The Morgan fingerprint density at radius 2 is 1.89 bits per heavy atom. The van der Waals surface area contributed by atoms with Crippen LogP contribution in [0.15, 0.2) is 36.4 Å². The molecule has 28 heavy (non-hydrogen) atoms. The van der Waals surface area contributed by atoms with Gasteiger partial charge in [0.1, 0.15) is 11.6 Å². The molecule has 1 saturated heterocycles. The molecule has 0 radical (unpaired) electrons. The number of hydrogen-bond acceptors (Lipinski definition) is 6. The van der Waals surface area contributed by atoms with Crippen LogP contribution in [-0.4, -0.2) is 48.2 Å². The number of nitrogens with zero attached hydrogens (tertiary/aromatic N) is 3. The SMILES string of the molecule is Cc1cc(N2CCCCC2)nc(NCCNC(=O)C(C)Oc2ccccc2)n1. The fourth-order valence-corrected chi connectivity index (χ4v) is 3.18. The van der Waals surface area contributed by atoms with E-state index < -0.39 is 6.10 Å². The molecule has 150 valence electrons. The van der Waals surface area contributed by atoms with Gasteiger partial charge in [0.25, 0.3) is 5.91 Å². The number of carbonyl (C=O) groups is 1. The summed E-state index contributed by atoms with van der Waals surface area (Å²) >= 11 is 0. The highest BCUT2D eigenvalue weighted by Gasteiger charge is 2.15. The fraction of sp³-hybridized carbons (Fsp3) is 0.476. The first-order chi connectivity index (χ1) is 13.6. The molecule has 7 heteroatoms. The molecule has 0 spiro atoms. The normalized spacial score (nSPS) is 15.0. The summed E-state index contributed by atoms with van der Waals surface area (Å²) in [7, 11) is 0. The van der Waals surface area contributed by atoms with Crippen LogP contribution >= 0.6 is 0 Å². The number of para-hydroxylation sites is 1. The number of amides is 1. The molecule has 1 aliphatic heterocycles. The minimum absolute atomic E-state index is 0.148. The van der Waals surface area contributed by atoms with Crippen molar-refractivity contribution in [2.45, 2.75) is 39.2 Å². The Morgan fingerprint density at radius 3 is 2.64 bits per heavy atom. The largest absolute Gasteiger partial charge is 0.481 e. The van der Waals surface area contributed by atoms with Gasteiger partial charge in [-0.1, -0.05) is 18.2 Å². The maximum absolute atomic E-state index is 12.2. The van der Waals surface area contributed by atoms with E-state index in [1.54, 1.807) is 6.92 Å². The second kappa shape index (κ2) is 9.92. The van der Waals surface area contributed by atoms with Crippen molar-refractivity contribution in [2.24, 2.45) is 0 Å². The van der Waals surface area contributed by atoms with E-state index in [0.717, 1.165) is 24.6 Å². The Hall–Kier alpha value is -2.83. The predicted octanol–water partition coefficient (Wildman–Crippen LogP) is 2.77. The summed E-state index contributed by atoms with van der Waals surface area (Å²) in [5, 5.41) is 6.08. The molecule has 1 aliphatic rings. The summed E-state index contributed by atoms with van der Waals surface area (Å²) in [5.74, 6) is 2.11. The predicted molar refractivity (Wildman–Crippen MR) is 111 cm³/mol. The zero-order chi connectivity index (χ0) is 19.8. The number of benzene rings is 1. The summed E-state index contributed by atoms with van der Waals surface area (Å²) in [5.41, 5.74) is 0.937. The van der Waals surface area contributed by atoms with Gasteiger partial charge in [-0.05, 0) is 45.2 Å². The Labute approximate surface area is 166 Å². The number of nitrogens with one attached hydrogen (secondary N) is 2. The van der Waals surface area contributed by atoms with Gasteiger partial charge in [-0.2, -0.15) is 4.98 Å². The number of carbonyl (C=O) groups excluding carboxylic acids is 1. The van der Waals surface area contributed by atoms with Gasteiger partial charge < -0.3 is 20.3 Å². The van der Waals surface area contributed by atoms with Crippen molar-refractivity contribution < 1.29 is 9.53 Å². The topological polar surface area (TPSA) is 79.4 Å². The molecular formula is C21H29N5O2. The number of anilines is 2. The lowest BCUT2D eigenvalue weighted by Crippen LogP contribution is -2.38. The van der Waals surface area contributed by atoms with Crippen molar-refractivity contribution in [1.29, 1.82) is 0 Å². The molecule has 2 N–H and O–H groups in total. The molecule has 1 amide bonds. The number of piperidine rings is 1. The van der Waals surface area contributed by atoms with Crippen molar-refractivity contribution in [2.75, 3.05) is 36.4 Å². The van der Waals surface area contributed by atoms with E-state index in [0.29, 0.717) is 24.8 Å². The third kappa shape index (κ3) is 5.84. The van der Waals surface area contributed by atoms with Crippen LogP contribution in [0.4, 0.5) is 11.8 Å². The average Bonchev–Trinajstić information content (AvgIpc) is 2.72. The second-order valence-corrected chi connectivity index (χ2v) is 7.03. The Kier molecular flexibility index (Phi) is 7.06. The van der Waals surface area contributed by atoms with Gasteiger partial charge in [0, 0.05) is 37.9 Å². The number of aromatic nitrogens is 2. The van der Waals surface area contributed by atoms with E-state index in [1.807, 2.05) is 43.3 Å². The Morgan fingerprint density at radius 1 is 1.14 bits per heavy atom. The monoisotopic (exact) mass is 383 g/mol. The minimum atomic E-state index is -0.552. The first kappa shape index (κ1) is 19.9. The number of hydrogen-bond donors (Lipinski definition) is 2. The van der Waals surface area contributed by atoms with Crippen molar-refractivity contribution in [1.82, 2.24) is 15.3 Å². The van der Waals surface area contributed by atoms with E-state index >= 15 is 0 Å². The van der Waals surface area contributed by atoms with Gasteiger partial charge in [-0.25, -0.2) is 4.98 Å². The van der Waals surface area contributed by atoms with Gasteiger partial charge in [0.2, 0.25) is 5.95 Å². The van der Waals surface area contributed by atoms with Crippen LogP contribution in [0.3, 0.4) is 0 Å². The van der Waals surface area contributed by atoms with Crippen LogP contribution in [0.1, 0.15) is 31.9 Å². The molecule has 1 unspecified atom stereocenters. The fourth-order valence-electron chi connectivity index (χ4n) is 3.18. The highest BCUT2D eigenvalue weighted by Crippen LogP contribution is 2.19. The van der Waals surface area contributed by atoms with Gasteiger partial charge in [0.05, 0.1) is 0 Å². The van der Waals surface area contributed by atoms with E-state index in [9.17, 15) is 4.79 Å². The summed E-state index contributed by atoms with van der Waals surface area (Å²) in [4.78, 5) is 23.6. The van der Waals surface area contributed by atoms with Crippen LogP contribution in [0, 0.1) is 6.92 Å². The summed E-state index contributed by atoms with van der Waals surface area (Å²) in [6.45, 7) is 6.83. The van der Waals surface area contributed by atoms with E-state index in [4.69, 9.17) is 4.74 Å². The maximum atomic E-state index is 12.2. The lowest BCUT2D eigenvalue weighted by molar-refractivity contribution is -0.127. The van der Waals surface area contributed by atoms with Crippen LogP contribution in [-0.2, 0) is 4.79 Å². The Balaban J connectivity index is 1.44. The molecule has 1 fully saturated rings. The van der Waals surface area contributed by atoms with Crippen LogP contribution < -0.4 is 20.3 Å². The van der Waals surface area contributed by atoms with Gasteiger partial charge in [-0.15, -0.1) is 0 Å². The van der Waals surface area contributed by atoms with Crippen molar-refractivity contribution in [3.8, 4) is 5.75 Å². The average molecular weight is 383 g/mol. The number of rotatable bonds is 8. The molecule has 2 heterocycles. The lowest BCUT2D eigenvalue weighted by atomic mass is 10.1. The molecule has 1 aromatic heterocycles. The molecule has 0 aliphatic carbocycles. The molecule has 1 aromatic carbocycles. The Bertz CT molecular complexity index is 763. The van der Waals surface area contributed by atoms with E-state index in [-0.39, 0.29) is 5.91 Å². The second-order valence-electron chi connectivity index (χ2n) is 7.03. The van der Waals surface area contributed by atoms with Crippen LogP contribution in [0.2, 0.25) is 0 Å². The zero-order valence-corrected chi connectivity index (χ0v) is 16.6. The molecule has 3 rings (SSSR count). The van der Waals surface area contributed by atoms with E-state index in [1.165, 1.54) is 19.3 Å². The van der Waals surface area contributed by atoms with Crippen LogP contribution in [0.25, 0.3) is 0 Å². The summed E-state index contributed by atoms with van der Waals surface area (Å²) in [6.07, 6.45) is 3.16. The number of aryl methyl sites for hydroxylation is 1. The smallest absolute Gasteiger partial charge is 0.260 e. The van der Waals surface area contributed by atoms with Crippen molar-refractivity contribution in [3.63, 3.8) is 0 Å². The molecule has 7 nitrogen and oxygen atoms in total. The molecule has 0 saturated carbocycles. The quantitative estimate of drug-likeness (QED) is 0.683. The lowest BCUT2D eigenvalue weighted by Gasteiger charge is -2.28. The molecule has 1 atom stereocenters. The highest BCUT2D eigenvalue weighted by atomic mass is 16.5. The summed E-state index contributed by atoms with van der Waals surface area (Å²) in [6, 6.07) is 11.4.